The van der Waals surface area contributed by atoms with Gasteiger partial charge in [0.05, 0.1) is 16.5 Å². The van der Waals surface area contributed by atoms with Crippen molar-refractivity contribution in [3.63, 3.8) is 0 Å². The molecule has 1 aromatic carbocycles. The summed E-state index contributed by atoms with van der Waals surface area (Å²) in [6, 6.07) is 3.21. The van der Waals surface area contributed by atoms with E-state index in [1.54, 1.807) is 13.8 Å². The third-order valence-electron chi connectivity index (χ3n) is 3.41. The molecule has 0 bridgehead atoms. The van der Waals surface area contributed by atoms with Crippen LogP contribution in [0.5, 0.6) is 0 Å². The number of aromatic nitrogens is 3. The number of nitrogens with zero attached hydrogens (tertiary/aromatic N) is 3. The van der Waals surface area contributed by atoms with E-state index >= 15 is 0 Å². The van der Waals surface area contributed by atoms with Gasteiger partial charge in [0.25, 0.3) is 0 Å². The summed E-state index contributed by atoms with van der Waals surface area (Å²) in [6.07, 6.45) is -4.62. The average molecular weight is 393 g/mol. The van der Waals surface area contributed by atoms with Crippen LogP contribution in [0.25, 0.3) is 0 Å². The third kappa shape index (κ3) is 4.66. The number of anilines is 1. The number of alkyl halides is 3. The van der Waals surface area contributed by atoms with Crippen LogP contribution in [0.1, 0.15) is 25.2 Å². The lowest BCUT2D eigenvalue weighted by Gasteiger charge is -2.16. The van der Waals surface area contributed by atoms with Crippen LogP contribution in [0, 0.1) is 6.92 Å². The molecule has 1 atom stereocenters. The van der Waals surface area contributed by atoms with E-state index in [4.69, 9.17) is 11.6 Å². The first-order valence-electron chi connectivity index (χ1n) is 7.37. The smallest absolute Gasteiger partial charge is 0.325 e. The highest BCUT2D eigenvalue weighted by Gasteiger charge is 2.34. The van der Waals surface area contributed by atoms with Crippen molar-refractivity contribution in [3.8, 4) is 0 Å². The molecule has 0 saturated heterocycles. The lowest BCUT2D eigenvalue weighted by Crippen LogP contribution is -2.24. The Morgan fingerprint density at radius 3 is 2.68 bits per heavy atom. The molecule has 1 amide bonds. The summed E-state index contributed by atoms with van der Waals surface area (Å²) in [7, 11) is 0. The minimum absolute atomic E-state index is 0.0562. The molecule has 1 aromatic heterocycles. The number of aryl methyl sites for hydroxylation is 1. The third-order valence-corrected chi connectivity index (χ3v) is 4.73. The Bertz CT molecular complexity index is 779. The Balaban J connectivity index is 2.17. The second-order valence-electron chi connectivity index (χ2n) is 5.21. The Kier molecular flexibility index (Phi) is 5.99. The second kappa shape index (κ2) is 7.65. The monoisotopic (exact) mass is 392 g/mol. The summed E-state index contributed by atoms with van der Waals surface area (Å²) in [5.74, 6) is 0.135. The molecule has 1 N–H and O–H groups in total. The van der Waals surface area contributed by atoms with Gasteiger partial charge in [-0.15, -0.1) is 10.2 Å². The van der Waals surface area contributed by atoms with E-state index in [1.165, 1.54) is 6.07 Å². The van der Waals surface area contributed by atoms with E-state index in [1.807, 2.05) is 11.5 Å². The molecular weight excluding hydrogens is 377 g/mol. The van der Waals surface area contributed by atoms with Gasteiger partial charge >= 0.3 is 6.18 Å². The fourth-order valence-electron chi connectivity index (χ4n) is 2.12. The molecule has 136 valence electrons. The second-order valence-corrected chi connectivity index (χ2v) is 6.96. The van der Waals surface area contributed by atoms with Crippen molar-refractivity contribution in [3.05, 3.63) is 34.6 Å². The number of nitrogens with one attached hydrogen (secondary N) is 1. The summed E-state index contributed by atoms with van der Waals surface area (Å²) in [6.45, 7) is 5.92. The first kappa shape index (κ1) is 19.6. The normalized spacial score (nSPS) is 12.9. The van der Waals surface area contributed by atoms with E-state index < -0.39 is 22.9 Å². The Hall–Kier alpha value is -1.74. The Morgan fingerprint density at radius 1 is 1.40 bits per heavy atom. The molecule has 1 heterocycles. The van der Waals surface area contributed by atoms with Gasteiger partial charge in [0.15, 0.2) is 5.16 Å². The van der Waals surface area contributed by atoms with Crippen LogP contribution in [0.4, 0.5) is 18.9 Å². The molecule has 2 rings (SSSR count). The molecule has 0 radical (unpaired) electrons. The fraction of sp³-hybridized carbons (Fsp3) is 0.400. The molecule has 10 heteroatoms. The van der Waals surface area contributed by atoms with Crippen molar-refractivity contribution in [2.75, 3.05) is 5.32 Å². The highest BCUT2D eigenvalue weighted by Crippen LogP contribution is 2.37. The van der Waals surface area contributed by atoms with Gasteiger partial charge in [-0.2, -0.15) is 13.2 Å². The lowest BCUT2D eigenvalue weighted by molar-refractivity contribution is -0.137. The zero-order valence-electron chi connectivity index (χ0n) is 13.7. The van der Waals surface area contributed by atoms with Crippen molar-refractivity contribution in [2.45, 2.75) is 43.9 Å². The molecule has 0 spiro atoms. The predicted octanol–water partition coefficient (Wildman–Crippen LogP) is 4.40. The van der Waals surface area contributed by atoms with Crippen LogP contribution in [0.3, 0.4) is 0 Å². The quantitative estimate of drug-likeness (QED) is 0.766. The lowest BCUT2D eigenvalue weighted by atomic mass is 10.1. The average Bonchev–Trinajstić information content (AvgIpc) is 2.87. The van der Waals surface area contributed by atoms with Gasteiger partial charge in [-0.05, 0) is 39.0 Å². The number of carbonyl (C=O) groups is 1. The van der Waals surface area contributed by atoms with E-state index in [0.717, 1.165) is 23.9 Å². The van der Waals surface area contributed by atoms with Crippen LogP contribution in [-0.2, 0) is 17.5 Å². The number of thioether (sulfide) groups is 1. The molecule has 5 nitrogen and oxygen atoms in total. The number of hydrogen-bond acceptors (Lipinski definition) is 4. The predicted molar refractivity (Wildman–Crippen MR) is 90.8 cm³/mol. The van der Waals surface area contributed by atoms with Crippen LogP contribution >= 0.6 is 23.4 Å². The van der Waals surface area contributed by atoms with Gasteiger partial charge in [0, 0.05) is 11.6 Å². The van der Waals surface area contributed by atoms with Crippen molar-refractivity contribution in [1.82, 2.24) is 14.8 Å². The molecule has 0 fully saturated rings. The molecular formula is C15H16ClF3N4OS. The molecule has 0 aliphatic carbocycles. The fourth-order valence-corrected chi connectivity index (χ4v) is 3.25. The van der Waals surface area contributed by atoms with E-state index in [9.17, 15) is 18.0 Å². The van der Waals surface area contributed by atoms with Gasteiger partial charge in [-0.3, -0.25) is 4.79 Å². The minimum Gasteiger partial charge on any atom is -0.325 e. The summed E-state index contributed by atoms with van der Waals surface area (Å²) < 4.78 is 41.1. The summed E-state index contributed by atoms with van der Waals surface area (Å²) in [5, 5.41) is 10.1. The van der Waals surface area contributed by atoms with E-state index in [-0.39, 0.29) is 10.7 Å². The minimum atomic E-state index is -4.62. The molecule has 1 unspecified atom stereocenters. The number of hydrogen-bond donors (Lipinski definition) is 1. The van der Waals surface area contributed by atoms with E-state index in [2.05, 4.69) is 15.5 Å². The maximum Gasteiger partial charge on any atom is 0.418 e. The standard InChI is InChI=1S/C15H16ClF3N4OS/c1-4-23-9(3)21-22-14(23)25-8(2)13(24)20-12-6-5-10(16)7-11(12)15(17,18)19/h5-8H,4H2,1-3H3,(H,20,24). The summed E-state index contributed by atoms with van der Waals surface area (Å²) in [5.41, 5.74) is -1.32. The molecule has 0 aliphatic heterocycles. The first-order valence-corrected chi connectivity index (χ1v) is 8.63. The number of carbonyl (C=O) groups excluding carboxylic acids is 1. The molecule has 2 aromatic rings. The summed E-state index contributed by atoms with van der Waals surface area (Å²) in [4.78, 5) is 12.3. The highest BCUT2D eigenvalue weighted by molar-refractivity contribution is 8.00. The van der Waals surface area contributed by atoms with Crippen LogP contribution < -0.4 is 5.32 Å². The highest BCUT2D eigenvalue weighted by atomic mass is 35.5. The van der Waals surface area contributed by atoms with Gasteiger partial charge in [-0.25, -0.2) is 0 Å². The van der Waals surface area contributed by atoms with Crippen LogP contribution in [0.15, 0.2) is 23.4 Å². The number of benzene rings is 1. The first-order chi connectivity index (χ1) is 11.6. The van der Waals surface area contributed by atoms with Crippen molar-refractivity contribution in [1.29, 1.82) is 0 Å². The van der Waals surface area contributed by atoms with Gasteiger partial charge in [-0.1, -0.05) is 23.4 Å². The molecule has 0 saturated carbocycles. The maximum atomic E-state index is 13.1. The number of rotatable bonds is 5. The largest absolute Gasteiger partial charge is 0.418 e. The SMILES string of the molecule is CCn1c(C)nnc1SC(C)C(=O)Nc1ccc(Cl)cc1C(F)(F)F. The maximum absolute atomic E-state index is 13.1. The van der Waals surface area contributed by atoms with Gasteiger partial charge < -0.3 is 9.88 Å². The number of amides is 1. The zero-order valence-corrected chi connectivity index (χ0v) is 15.3. The Morgan fingerprint density at radius 2 is 2.08 bits per heavy atom. The molecule has 0 aliphatic rings. The van der Waals surface area contributed by atoms with Crippen LogP contribution in [0.2, 0.25) is 5.02 Å². The van der Waals surface area contributed by atoms with Crippen molar-refractivity contribution < 1.29 is 18.0 Å². The zero-order chi connectivity index (χ0) is 18.8. The van der Waals surface area contributed by atoms with E-state index in [0.29, 0.717) is 17.5 Å². The number of halogens is 4. The Labute approximate surface area is 152 Å². The van der Waals surface area contributed by atoms with Crippen molar-refractivity contribution in [2.24, 2.45) is 0 Å². The van der Waals surface area contributed by atoms with Crippen molar-refractivity contribution >= 4 is 35.0 Å². The van der Waals surface area contributed by atoms with Gasteiger partial charge in [0.1, 0.15) is 5.82 Å². The topological polar surface area (TPSA) is 59.8 Å². The van der Waals surface area contributed by atoms with Gasteiger partial charge in [0.2, 0.25) is 5.91 Å². The summed E-state index contributed by atoms with van der Waals surface area (Å²) >= 11 is 6.76. The van der Waals surface area contributed by atoms with Crippen LogP contribution in [-0.4, -0.2) is 25.9 Å². The molecule has 25 heavy (non-hydrogen) atoms.